The molecule has 19 heavy (non-hydrogen) atoms. The fourth-order valence-corrected chi connectivity index (χ4v) is 1.11. The molecule has 0 aromatic heterocycles. The van der Waals surface area contributed by atoms with Crippen LogP contribution in [0.4, 0.5) is 0 Å². The zero-order valence-corrected chi connectivity index (χ0v) is 11.0. The number of hydrogen-bond acceptors (Lipinski definition) is 8. The maximum Gasteiger partial charge on any atom is 0.319 e. The molecule has 0 rings (SSSR count). The Hall–Kier alpha value is -1.22. The van der Waals surface area contributed by atoms with Crippen LogP contribution in [0.5, 0.6) is 0 Å². The Morgan fingerprint density at radius 1 is 0.895 bits per heavy atom. The second kappa shape index (κ2) is 10.7. The Morgan fingerprint density at radius 2 is 1.26 bits per heavy atom. The molecule has 0 bridgehead atoms. The fourth-order valence-electron chi connectivity index (χ4n) is 1.11. The van der Waals surface area contributed by atoms with Crippen LogP contribution in [0.15, 0.2) is 0 Å². The molecule has 0 radical (unpaired) electrons. The molecule has 0 amide bonds. The van der Waals surface area contributed by atoms with Crippen LogP contribution in [-0.2, 0) is 28.5 Å². The third-order valence-electron chi connectivity index (χ3n) is 1.82. The highest BCUT2D eigenvalue weighted by atomic mass is 16.7. The van der Waals surface area contributed by atoms with Crippen LogP contribution in [0.25, 0.3) is 0 Å². The molecular weight excluding hydrogens is 260 g/mol. The maximum atomic E-state index is 11.3. The van der Waals surface area contributed by atoms with Crippen molar-refractivity contribution in [1.29, 1.82) is 0 Å². The first-order valence-corrected chi connectivity index (χ1v) is 5.91. The van der Waals surface area contributed by atoms with E-state index < -0.39 is 44.2 Å². The summed E-state index contributed by atoms with van der Waals surface area (Å²) in [6, 6.07) is 0. The lowest BCUT2D eigenvalue weighted by atomic mass is 10.4. The van der Waals surface area contributed by atoms with E-state index in [0.29, 0.717) is 0 Å². The fraction of sp³-hybridized carbons (Fsp3) is 0.818. The standard InChI is InChI=1S/C11H20O8/c1-3-16-10(6-12)18-8(14)5-9(15)19-11(7-13)17-4-2/h10-13H,3-7H2,1-2H3. The number of hydrogen-bond donors (Lipinski definition) is 2. The molecule has 0 heterocycles. The van der Waals surface area contributed by atoms with Crippen molar-refractivity contribution in [2.24, 2.45) is 0 Å². The van der Waals surface area contributed by atoms with Crippen molar-refractivity contribution in [2.45, 2.75) is 32.8 Å². The Balaban J connectivity index is 4.06. The van der Waals surface area contributed by atoms with Gasteiger partial charge >= 0.3 is 11.9 Å². The highest BCUT2D eigenvalue weighted by Gasteiger charge is 2.20. The number of aliphatic hydroxyl groups is 2. The molecule has 0 aliphatic carbocycles. The molecule has 0 spiro atoms. The third kappa shape index (κ3) is 8.49. The Bertz CT molecular complexity index is 241. The number of carbonyl (C=O) groups excluding carboxylic acids is 2. The van der Waals surface area contributed by atoms with E-state index in [1.807, 2.05) is 0 Å². The molecule has 0 aliphatic rings. The lowest BCUT2D eigenvalue weighted by molar-refractivity contribution is -0.196. The van der Waals surface area contributed by atoms with E-state index >= 15 is 0 Å². The largest absolute Gasteiger partial charge is 0.433 e. The highest BCUT2D eigenvalue weighted by molar-refractivity contribution is 5.91. The van der Waals surface area contributed by atoms with Crippen LogP contribution in [-0.4, -0.2) is 61.2 Å². The SMILES string of the molecule is CCOC(CO)OC(=O)CC(=O)OC(CO)OCC. The van der Waals surface area contributed by atoms with Gasteiger partial charge in [0.1, 0.15) is 19.6 Å². The second-order valence-corrected chi connectivity index (χ2v) is 3.29. The van der Waals surface area contributed by atoms with Crippen LogP contribution in [0.1, 0.15) is 20.3 Å². The van der Waals surface area contributed by atoms with Gasteiger partial charge in [-0.25, -0.2) is 0 Å². The van der Waals surface area contributed by atoms with E-state index in [9.17, 15) is 9.59 Å². The molecule has 2 atom stereocenters. The quantitative estimate of drug-likeness (QED) is 0.303. The molecule has 0 saturated carbocycles. The molecule has 0 fully saturated rings. The van der Waals surface area contributed by atoms with Crippen LogP contribution in [0.2, 0.25) is 0 Å². The van der Waals surface area contributed by atoms with Gasteiger partial charge in [-0.1, -0.05) is 0 Å². The summed E-state index contributed by atoms with van der Waals surface area (Å²) < 4.78 is 19.1. The number of rotatable bonds is 10. The number of esters is 2. The maximum absolute atomic E-state index is 11.3. The first-order valence-electron chi connectivity index (χ1n) is 5.91. The molecule has 0 saturated heterocycles. The molecule has 8 nitrogen and oxygen atoms in total. The Kier molecular flexibility index (Phi) is 9.99. The van der Waals surface area contributed by atoms with E-state index in [-0.39, 0.29) is 13.2 Å². The van der Waals surface area contributed by atoms with Gasteiger partial charge in [0.25, 0.3) is 0 Å². The van der Waals surface area contributed by atoms with Crippen molar-refractivity contribution < 1.29 is 38.7 Å². The first-order chi connectivity index (χ1) is 9.07. The van der Waals surface area contributed by atoms with E-state index in [4.69, 9.17) is 19.7 Å². The van der Waals surface area contributed by atoms with Crippen molar-refractivity contribution in [3.8, 4) is 0 Å². The van der Waals surface area contributed by atoms with Gasteiger partial charge < -0.3 is 29.2 Å². The summed E-state index contributed by atoms with van der Waals surface area (Å²) in [6.45, 7) is 2.82. The minimum Gasteiger partial charge on any atom is -0.433 e. The van der Waals surface area contributed by atoms with Gasteiger partial charge in [0, 0.05) is 13.2 Å². The van der Waals surface area contributed by atoms with Crippen LogP contribution < -0.4 is 0 Å². The molecule has 2 unspecified atom stereocenters. The van der Waals surface area contributed by atoms with Crippen molar-refractivity contribution in [3.63, 3.8) is 0 Å². The van der Waals surface area contributed by atoms with Crippen molar-refractivity contribution in [2.75, 3.05) is 26.4 Å². The van der Waals surface area contributed by atoms with Gasteiger partial charge in [-0.05, 0) is 13.8 Å². The Morgan fingerprint density at radius 3 is 1.53 bits per heavy atom. The topological polar surface area (TPSA) is 112 Å². The lowest BCUT2D eigenvalue weighted by Gasteiger charge is -2.16. The molecule has 0 aliphatic heterocycles. The molecule has 8 heteroatoms. The predicted molar refractivity (Wildman–Crippen MR) is 61.8 cm³/mol. The minimum absolute atomic E-state index is 0.250. The summed E-state index contributed by atoms with van der Waals surface area (Å²) in [7, 11) is 0. The van der Waals surface area contributed by atoms with Gasteiger partial charge in [-0.3, -0.25) is 9.59 Å². The summed E-state index contributed by atoms with van der Waals surface area (Å²) >= 11 is 0. The number of ether oxygens (including phenoxy) is 4. The second-order valence-electron chi connectivity index (χ2n) is 3.29. The molecule has 2 N–H and O–H groups in total. The van der Waals surface area contributed by atoms with E-state index in [0.717, 1.165) is 0 Å². The van der Waals surface area contributed by atoms with Crippen LogP contribution in [0, 0.1) is 0 Å². The number of carbonyl (C=O) groups is 2. The van der Waals surface area contributed by atoms with E-state index in [1.165, 1.54) is 0 Å². The average molecular weight is 280 g/mol. The normalized spacial score (nSPS) is 13.7. The van der Waals surface area contributed by atoms with Crippen molar-refractivity contribution in [1.82, 2.24) is 0 Å². The van der Waals surface area contributed by atoms with Crippen LogP contribution in [0.3, 0.4) is 0 Å². The summed E-state index contributed by atoms with van der Waals surface area (Å²) in [6.07, 6.45) is -2.87. The molecule has 112 valence electrons. The summed E-state index contributed by atoms with van der Waals surface area (Å²) in [5.41, 5.74) is 0. The Labute approximate surface area is 111 Å². The number of aliphatic hydroxyl groups excluding tert-OH is 2. The highest BCUT2D eigenvalue weighted by Crippen LogP contribution is 2.01. The molecule has 0 aromatic carbocycles. The molecular formula is C11H20O8. The van der Waals surface area contributed by atoms with E-state index in [2.05, 4.69) is 9.47 Å². The van der Waals surface area contributed by atoms with Gasteiger partial charge in [-0.15, -0.1) is 0 Å². The van der Waals surface area contributed by atoms with Crippen molar-refractivity contribution in [3.05, 3.63) is 0 Å². The summed E-state index contributed by atoms with van der Waals surface area (Å²) in [4.78, 5) is 22.6. The smallest absolute Gasteiger partial charge is 0.319 e. The average Bonchev–Trinajstić information content (AvgIpc) is 2.37. The minimum atomic E-state index is -1.11. The zero-order chi connectivity index (χ0) is 14.7. The lowest BCUT2D eigenvalue weighted by Crippen LogP contribution is -2.29. The van der Waals surface area contributed by atoms with Gasteiger partial charge in [-0.2, -0.15) is 0 Å². The van der Waals surface area contributed by atoms with Crippen LogP contribution >= 0.6 is 0 Å². The third-order valence-corrected chi connectivity index (χ3v) is 1.82. The van der Waals surface area contributed by atoms with Gasteiger partial charge in [0.15, 0.2) is 0 Å². The molecule has 0 aromatic rings. The summed E-state index contributed by atoms with van der Waals surface area (Å²) in [5, 5.41) is 17.6. The van der Waals surface area contributed by atoms with E-state index in [1.54, 1.807) is 13.8 Å². The first kappa shape index (κ1) is 17.8. The van der Waals surface area contributed by atoms with Crippen molar-refractivity contribution >= 4 is 11.9 Å². The van der Waals surface area contributed by atoms with Gasteiger partial charge in [0.2, 0.25) is 12.6 Å². The van der Waals surface area contributed by atoms with Gasteiger partial charge in [0.05, 0.1) is 0 Å². The monoisotopic (exact) mass is 280 g/mol. The summed E-state index contributed by atoms with van der Waals surface area (Å²) in [5.74, 6) is -1.80. The predicted octanol–water partition coefficient (Wildman–Crippen LogP) is -0.827. The zero-order valence-electron chi connectivity index (χ0n) is 11.0.